The van der Waals surface area contributed by atoms with Gasteiger partial charge in [0.25, 0.3) is 0 Å². The number of aliphatic hydroxyl groups is 1. The van der Waals surface area contributed by atoms with Crippen molar-refractivity contribution in [1.29, 1.82) is 0 Å². The summed E-state index contributed by atoms with van der Waals surface area (Å²) in [4.78, 5) is 13.7. The van der Waals surface area contributed by atoms with E-state index >= 15 is 0 Å². The highest BCUT2D eigenvalue weighted by Gasteiger charge is 2.23. The molecule has 1 aliphatic heterocycles. The Morgan fingerprint density at radius 1 is 1.41 bits per heavy atom. The van der Waals surface area contributed by atoms with E-state index in [-0.39, 0.29) is 18.7 Å². The van der Waals surface area contributed by atoms with Gasteiger partial charge in [-0.1, -0.05) is 29.3 Å². The van der Waals surface area contributed by atoms with Crippen molar-refractivity contribution in [3.63, 3.8) is 0 Å². The maximum Gasteiger partial charge on any atom is 0.317 e. The van der Waals surface area contributed by atoms with Crippen molar-refractivity contribution in [3.05, 3.63) is 33.8 Å². The molecule has 2 amide bonds. The highest BCUT2D eigenvalue weighted by molar-refractivity contribution is 6.42. The third kappa shape index (κ3) is 5.02. The number of aryl methyl sites for hydroxylation is 1. The van der Waals surface area contributed by atoms with Crippen molar-refractivity contribution in [1.82, 2.24) is 10.2 Å². The molecular weight excluding hydrogens is 327 g/mol. The normalized spacial score (nSPS) is 18.3. The minimum absolute atomic E-state index is 0.0683. The molecule has 0 spiro atoms. The van der Waals surface area contributed by atoms with Gasteiger partial charge < -0.3 is 20.1 Å². The molecule has 0 aliphatic carbocycles. The van der Waals surface area contributed by atoms with E-state index < -0.39 is 0 Å². The number of hydrogen-bond acceptors (Lipinski definition) is 3. The molecule has 7 heteroatoms. The second-order valence-electron chi connectivity index (χ2n) is 5.21. The third-order valence-corrected chi connectivity index (χ3v) is 4.27. The number of ether oxygens (including phenoxy) is 1. The van der Waals surface area contributed by atoms with Crippen molar-refractivity contribution < 1.29 is 14.6 Å². The van der Waals surface area contributed by atoms with Gasteiger partial charge in [0.05, 0.1) is 35.9 Å². The number of rotatable bonds is 5. The van der Waals surface area contributed by atoms with Crippen LogP contribution in [0.2, 0.25) is 10.0 Å². The van der Waals surface area contributed by atoms with E-state index in [0.717, 1.165) is 18.4 Å². The summed E-state index contributed by atoms with van der Waals surface area (Å²) in [7, 11) is 0. The molecule has 0 aromatic heterocycles. The number of amides is 2. The lowest BCUT2D eigenvalue weighted by Gasteiger charge is -2.32. The van der Waals surface area contributed by atoms with Gasteiger partial charge in [-0.3, -0.25) is 0 Å². The van der Waals surface area contributed by atoms with E-state index in [9.17, 15) is 4.79 Å². The van der Waals surface area contributed by atoms with Crippen molar-refractivity contribution >= 4 is 29.2 Å². The van der Waals surface area contributed by atoms with Crippen molar-refractivity contribution in [2.45, 2.75) is 18.9 Å². The zero-order chi connectivity index (χ0) is 15.9. The summed E-state index contributed by atoms with van der Waals surface area (Å²) in [6, 6.07) is 5.44. The lowest BCUT2D eigenvalue weighted by atomic mass is 10.1. The lowest BCUT2D eigenvalue weighted by Crippen LogP contribution is -2.50. The number of urea groups is 1. The minimum Gasteiger partial charge on any atom is -0.394 e. The molecule has 1 aliphatic rings. The van der Waals surface area contributed by atoms with Crippen LogP contribution >= 0.6 is 23.2 Å². The fourth-order valence-electron chi connectivity index (χ4n) is 2.31. The highest BCUT2D eigenvalue weighted by atomic mass is 35.5. The molecule has 22 heavy (non-hydrogen) atoms. The number of benzene rings is 1. The summed E-state index contributed by atoms with van der Waals surface area (Å²) in [5.74, 6) is 0. The van der Waals surface area contributed by atoms with Crippen LogP contribution in [-0.4, -0.2) is 55.0 Å². The number of nitrogens with zero attached hydrogens (tertiary/aromatic N) is 1. The summed E-state index contributed by atoms with van der Waals surface area (Å²) in [5.41, 5.74) is 1.09. The van der Waals surface area contributed by atoms with Gasteiger partial charge in [0, 0.05) is 13.1 Å². The van der Waals surface area contributed by atoms with E-state index in [4.69, 9.17) is 33.0 Å². The molecule has 1 aromatic rings. The largest absolute Gasteiger partial charge is 0.394 e. The van der Waals surface area contributed by atoms with Crippen LogP contribution < -0.4 is 5.32 Å². The zero-order valence-electron chi connectivity index (χ0n) is 12.2. The van der Waals surface area contributed by atoms with E-state index in [2.05, 4.69) is 5.32 Å². The Balaban J connectivity index is 1.69. The molecule has 0 bridgehead atoms. The SMILES string of the molecule is O=C(NCCCc1ccc(Cl)c(Cl)c1)N1CCOC(CO)C1. The fourth-order valence-corrected chi connectivity index (χ4v) is 2.63. The van der Waals surface area contributed by atoms with E-state index in [1.165, 1.54) is 0 Å². The Hall–Kier alpha value is -1.01. The standard InChI is InChI=1S/C15H20Cl2N2O3/c16-13-4-3-11(8-14(13)17)2-1-5-18-15(21)19-6-7-22-12(9-19)10-20/h3-4,8,12,20H,1-2,5-7,9-10H2,(H,18,21). The van der Waals surface area contributed by atoms with Gasteiger partial charge in [-0.25, -0.2) is 4.79 Å². The monoisotopic (exact) mass is 346 g/mol. The quantitative estimate of drug-likeness (QED) is 0.804. The average Bonchev–Trinajstić information content (AvgIpc) is 2.54. The molecular formula is C15H20Cl2N2O3. The summed E-state index contributed by atoms with van der Waals surface area (Å²) in [6.45, 7) is 1.95. The Morgan fingerprint density at radius 2 is 2.23 bits per heavy atom. The number of morpholine rings is 1. The molecule has 1 atom stereocenters. The highest BCUT2D eigenvalue weighted by Crippen LogP contribution is 2.23. The second kappa shape index (κ2) is 8.58. The maximum absolute atomic E-state index is 12.0. The van der Waals surface area contributed by atoms with Crippen LogP contribution in [0.15, 0.2) is 18.2 Å². The predicted molar refractivity (Wildman–Crippen MR) is 86.6 cm³/mol. The summed E-state index contributed by atoms with van der Waals surface area (Å²) in [6.07, 6.45) is 1.35. The Morgan fingerprint density at radius 3 is 2.95 bits per heavy atom. The Bertz CT molecular complexity index is 514. The molecule has 1 fully saturated rings. The number of carbonyl (C=O) groups is 1. The van der Waals surface area contributed by atoms with Gasteiger partial charge >= 0.3 is 6.03 Å². The summed E-state index contributed by atoms with van der Waals surface area (Å²) in [5, 5.41) is 13.0. The van der Waals surface area contributed by atoms with Crippen LogP contribution in [-0.2, 0) is 11.2 Å². The Kier molecular flexibility index (Phi) is 6.76. The average molecular weight is 347 g/mol. The van der Waals surface area contributed by atoms with Crippen LogP contribution in [0.4, 0.5) is 4.79 Å². The summed E-state index contributed by atoms with van der Waals surface area (Å²) < 4.78 is 5.32. The van der Waals surface area contributed by atoms with Crippen molar-refractivity contribution in [3.8, 4) is 0 Å². The molecule has 0 radical (unpaired) electrons. The molecule has 1 heterocycles. The van der Waals surface area contributed by atoms with Gasteiger partial charge in [0.2, 0.25) is 0 Å². The van der Waals surface area contributed by atoms with Gasteiger partial charge in [-0.15, -0.1) is 0 Å². The Labute approximate surface area is 140 Å². The first-order valence-corrected chi connectivity index (χ1v) is 8.05. The van der Waals surface area contributed by atoms with E-state index in [1.807, 2.05) is 12.1 Å². The van der Waals surface area contributed by atoms with Gasteiger partial charge in [0.1, 0.15) is 0 Å². The number of halogens is 2. The van der Waals surface area contributed by atoms with Crippen LogP contribution in [0.25, 0.3) is 0 Å². The molecule has 122 valence electrons. The van der Waals surface area contributed by atoms with Gasteiger partial charge in [-0.05, 0) is 30.5 Å². The third-order valence-electron chi connectivity index (χ3n) is 3.53. The lowest BCUT2D eigenvalue weighted by molar-refractivity contribution is -0.0402. The topological polar surface area (TPSA) is 61.8 Å². The van der Waals surface area contributed by atoms with Crippen molar-refractivity contribution in [2.75, 3.05) is 32.8 Å². The molecule has 2 rings (SSSR count). The molecule has 5 nitrogen and oxygen atoms in total. The minimum atomic E-state index is -0.282. The van der Waals surface area contributed by atoms with E-state index in [1.54, 1.807) is 11.0 Å². The predicted octanol–water partition coefficient (Wildman–Crippen LogP) is 2.33. The summed E-state index contributed by atoms with van der Waals surface area (Å²) >= 11 is 11.8. The van der Waals surface area contributed by atoms with Gasteiger partial charge in [0.15, 0.2) is 0 Å². The fraction of sp³-hybridized carbons (Fsp3) is 0.533. The van der Waals surface area contributed by atoms with Crippen LogP contribution in [0.1, 0.15) is 12.0 Å². The first kappa shape index (κ1) is 17.3. The van der Waals surface area contributed by atoms with Crippen molar-refractivity contribution in [2.24, 2.45) is 0 Å². The molecule has 1 saturated heterocycles. The number of aliphatic hydroxyl groups excluding tert-OH is 1. The van der Waals surface area contributed by atoms with E-state index in [0.29, 0.717) is 36.3 Å². The molecule has 0 saturated carbocycles. The maximum atomic E-state index is 12.0. The number of hydrogen-bond donors (Lipinski definition) is 2. The van der Waals surface area contributed by atoms with Crippen LogP contribution in [0, 0.1) is 0 Å². The zero-order valence-corrected chi connectivity index (χ0v) is 13.7. The molecule has 1 unspecified atom stereocenters. The van der Waals surface area contributed by atoms with Crippen LogP contribution in [0.5, 0.6) is 0 Å². The molecule has 2 N–H and O–H groups in total. The second-order valence-corrected chi connectivity index (χ2v) is 6.02. The smallest absolute Gasteiger partial charge is 0.317 e. The molecule has 1 aromatic carbocycles. The van der Waals surface area contributed by atoms with Gasteiger partial charge in [-0.2, -0.15) is 0 Å². The first-order valence-electron chi connectivity index (χ1n) is 7.29. The number of nitrogens with one attached hydrogen (secondary N) is 1. The van der Waals surface area contributed by atoms with Crippen LogP contribution in [0.3, 0.4) is 0 Å². The number of carbonyl (C=O) groups excluding carboxylic acids is 1. The first-order chi connectivity index (χ1) is 10.6.